The fourth-order valence-corrected chi connectivity index (χ4v) is 5.40. The van der Waals surface area contributed by atoms with Gasteiger partial charge in [-0.15, -0.1) is 6.58 Å². The molecule has 160 valence electrons. The van der Waals surface area contributed by atoms with Gasteiger partial charge in [-0.1, -0.05) is 52.4 Å². The maximum atomic E-state index is 14.0. The molecule has 2 unspecified atom stereocenters. The lowest BCUT2D eigenvalue weighted by atomic mass is 9.80. The number of amides is 1. The van der Waals surface area contributed by atoms with E-state index < -0.39 is 3.42 Å². The Bertz CT molecular complexity index is 916. The lowest BCUT2D eigenvalue weighted by molar-refractivity contribution is -0.120. The molecule has 0 aromatic heterocycles. The number of benzene rings is 2. The predicted octanol–water partition coefficient (Wildman–Crippen LogP) is 5.33. The number of allylic oxidation sites excluding steroid dienone is 1. The average molecular weight is 539 g/mol. The number of likely N-dealkylation sites (N-methyl/N-ethyl adjacent to an activating group) is 1. The fourth-order valence-electron chi connectivity index (χ4n) is 4.03. The smallest absolute Gasteiger partial charge is 0.244 e. The molecule has 0 saturated carbocycles. The Morgan fingerprint density at radius 3 is 2.60 bits per heavy atom. The van der Waals surface area contributed by atoms with E-state index in [-0.39, 0.29) is 11.8 Å². The van der Waals surface area contributed by atoms with Crippen molar-refractivity contribution in [1.82, 2.24) is 4.90 Å². The summed E-state index contributed by atoms with van der Waals surface area (Å²) < 4.78 is 4.68. The van der Waals surface area contributed by atoms with Crippen LogP contribution >= 0.6 is 34.2 Å². The number of fused-ring (bicyclic) bond motifs is 1. The summed E-state index contributed by atoms with van der Waals surface area (Å²) in [5, 5.41) is 0.687. The summed E-state index contributed by atoms with van der Waals surface area (Å²) in [6, 6.07) is 13.9. The van der Waals surface area contributed by atoms with Crippen molar-refractivity contribution in [3.63, 3.8) is 0 Å². The molecule has 3 rings (SSSR count). The zero-order valence-electron chi connectivity index (χ0n) is 17.7. The van der Waals surface area contributed by atoms with Crippen molar-refractivity contribution >= 4 is 45.8 Å². The first kappa shape index (κ1) is 23.1. The Kier molecular flexibility index (Phi) is 7.47. The molecule has 0 fully saturated rings. The number of rotatable bonds is 7. The van der Waals surface area contributed by atoms with Gasteiger partial charge in [0.15, 0.2) is 0 Å². The van der Waals surface area contributed by atoms with Crippen molar-refractivity contribution in [2.24, 2.45) is 0 Å². The fraction of sp³-hybridized carbons (Fsp3) is 0.375. The first-order valence-electron chi connectivity index (χ1n) is 9.99. The number of carbonyl (C=O) groups excluding carboxylic acids is 1. The van der Waals surface area contributed by atoms with Gasteiger partial charge in [-0.25, -0.2) is 0 Å². The van der Waals surface area contributed by atoms with Crippen LogP contribution in [0, 0.1) is 0 Å². The zero-order valence-corrected chi connectivity index (χ0v) is 20.6. The number of hydrogen-bond acceptors (Lipinski definition) is 3. The van der Waals surface area contributed by atoms with E-state index in [0.717, 1.165) is 35.5 Å². The minimum absolute atomic E-state index is 0.0175. The molecule has 0 aliphatic carbocycles. The van der Waals surface area contributed by atoms with Gasteiger partial charge in [0.05, 0.1) is 7.11 Å². The Morgan fingerprint density at radius 1 is 1.30 bits per heavy atom. The van der Waals surface area contributed by atoms with Crippen LogP contribution in [0.15, 0.2) is 55.1 Å². The van der Waals surface area contributed by atoms with Crippen molar-refractivity contribution in [3.05, 3.63) is 71.3 Å². The highest BCUT2D eigenvalue weighted by Crippen LogP contribution is 2.48. The predicted molar refractivity (Wildman–Crippen MR) is 133 cm³/mol. The number of hydrogen-bond donors (Lipinski definition) is 0. The number of anilines is 1. The third-order valence-corrected chi connectivity index (χ3v) is 7.53. The zero-order chi connectivity index (χ0) is 21.9. The minimum atomic E-state index is -0.647. The van der Waals surface area contributed by atoms with E-state index in [1.165, 1.54) is 0 Å². The van der Waals surface area contributed by atoms with Crippen molar-refractivity contribution in [1.29, 1.82) is 0 Å². The highest BCUT2D eigenvalue weighted by Gasteiger charge is 2.48. The monoisotopic (exact) mass is 538 g/mol. The van der Waals surface area contributed by atoms with E-state index in [1.54, 1.807) is 7.11 Å². The Morgan fingerprint density at radius 2 is 2.00 bits per heavy atom. The Hall–Kier alpha value is -1.57. The van der Waals surface area contributed by atoms with Crippen LogP contribution in [0.4, 0.5) is 5.69 Å². The molecule has 2 atom stereocenters. The second-order valence-corrected chi connectivity index (χ2v) is 10.3. The maximum Gasteiger partial charge on any atom is 0.244 e. The summed E-state index contributed by atoms with van der Waals surface area (Å²) in [6.45, 7) is 5.36. The number of ether oxygens (including phenoxy) is 1. The molecule has 6 heteroatoms. The first-order chi connectivity index (χ1) is 14.3. The molecule has 1 aliphatic rings. The molecular weight excluding hydrogens is 511 g/mol. The molecule has 4 nitrogen and oxygen atoms in total. The van der Waals surface area contributed by atoms with E-state index in [4.69, 9.17) is 16.3 Å². The van der Waals surface area contributed by atoms with Crippen LogP contribution in [0.2, 0.25) is 5.02 Å². The number of methoxy groups -OCH3 is 1. The summed E-state index contributed by atoms with van der Waals surface area (Å²) in [5.74, 6) is 0.903. The van der Waals surface area contributed by atoms with Gasteiger partial charge in [0.25, 0.3) is 0 Å². The molecule has 0 N–H and O–H groups in total. The summed E-state index contributed by atoms with van der Waals surface area (Å²) >= 11 is 8.72. The van der Waals surface area contributed by atoms with E-state index in [9.17, 15) is 4.79 Å². The van der Waals surface area contributed by atoms with Gasteiger partial charge in [-0.05, 0) is 68.4 Å². The Balaban J connectivity index is 2.15. The standard InChI is InChI=1S/C24H28ClIN2O2/c1-5-12-24(26)21(17-6-9-20(30-4)10-7-17)16-18-15-19(25)8-11-22(18)28(23(24)29)14-13-27(2)3/h5-11,15,21H,1,12-14,16H2,2-4H3. The summed E-state index contributed by atoms with van der Waals surface area (Å²) in [5.41, 5.74) is 3.16. The van der Waals surface area contributed by atoms with Crippen molar-refractivity contribution < 1.29 is 9.53 Å². The van der Waals surface area contributed by atoms with Crippen LogP contribution in [0.5, 0.6) is 5.75 Å². The average Bonchev–Trinajstić information content (AvgIpc) is 2.80. The SMILES string of the molecule is C=CCC1(I)C(=O)N(CCN(C)C)c2ccc(Cl)cc2CC1c1ccc(OC)cc1. The second kappa shape index (κ2) is 9.71. The van der Waals surface area contributed by atoms with E-state index in [0.29, 0.717) is 18.0 Å². The number of halogens is 2. The van der Waals surface area contributed by atoms with Crippen LogP contribution in [0.3, 0.4) is 0 Å². The third-order valence-electron chi connectivity index (χ3n) is 5.64. The molecule has 1 amide bonds. The molecule has 0 saturated heterocycles. The quantitative estimate of drug-likeness (QED) is 0.271. The van der Waals surface area contributed by atoms with Crippen molar-refractivity contribution in [2.45, 2.75) is 22.2 Å². The van der Waals surface area contributed by atoms with Gasteiger partial charge < -0.3 is 14.5 Å². The van der Waals surface area contributed by atoms with Gasteiger partial charge in [-0.3, -0.25) is 4.79 Å². The van der Waals surface area contributed by atoms with Gasteiger partial charge in [0.1, 0.15) is 9.17 Å². The molecular formula is C24H28ClIN2O2. The molecule has 2 aromatic carbocycles. The van der Waals surface area contributed by atoms with Gasteiger partial charge >= 0.3 is 0 Å². The van der Waals surface area contributed by atoms with Crippen LogP contribution in [-0.2, 0) is 11.2 Å². The molecule has 1 heterocycles. The second-order valence-electron chi connectivity index (χ2n) is 7.92. The van der Waals surface area contributed by atoms with Crippen LogP contribution in [-0.4, -0.2) is 48.5 Å². The third kappa shape index (κ3) is 4.68. The van der Waals surface area contributed by atoms with Crippen molar-refractivity contribution in [3.8, 4) is 5.75 Å². The summed E-state index contributed by atoms with van der Waals surface area (Å²) in [6.07, 6.45) is 3.17. The van der Waals surface area contributed by atoms with Crippen molar-refractivity contribution in [2.75, 3.05) is 39.2 Å². The van der Waals surface area contributed by atoms with E-state index in [2.05, 4.69) is 46.2 Å². The van der Waals surface area contributed by atoms with Gasteiger partial charge in [0, 0.05) is 29.7 Å². The summed E-state index contributed by atoms with van der Waals surface area (Å²) in [7, 11) is 5.70. The lowest BCUT2D eigenvalue weighted by Crippen LogP contribution is -2.49. The van der Waals surface area contributed by atoms with Crippen LogP contribution in [0.25, 0.3) is 0 Å². The van der Waals surface area contributed by atoms with Crippen LogP contribution < -0.4 is 9.64 Å². The van der Waals surface area contributed by atoms with Gasteiger partial charge in [-0.2, -0.15) is 0 Å². The lowest BCUT2D eigenvalue weighted by Gasteiger charge is -2.36. The van der Waals surface area contributed by atoms with E-state index >= 15 is 0 Å². The largest absolute Gasteiger partial charge is 0.497 e. The maximum absolute atomic E-state index is 14.0. The van der Waals surface area contributed by atoms with Gasteiger partial charge in [0.2, 0.25) is 5.91 Å². The first-order valence-corrected chi connectivity index (χ1v) is 11.4. The topological polar surface area (TPSA) is 32.8 Å². The molecule has 1 aliphatic heterocycles. The minimum Gasteiger partial charge on any atom is -0.497 e. The molecule has 0 radical (unpaired) electrons. The molecule has 30 heavy (non-hydrogen) atoms. The number of alkyl halides is 1. The number of nitrogens with zero attached hydrogens (tertiary/aromatic N) is 2. The van der Waals surface area contributed by atoms with E-state index in [1.807, 2.05) is 55.4 Å². The molecule has 0 spiro atoms. The highest BCUT2D eigenvalue weighted by atomic mass is 127. The Labute approximate surface area is 198 Å². The highest BCUT2D eigenvalue weighted by molar-refractivity contribution is 14.1. The number of carbonyl (C=O) groups is 1. The molecule has 2 aromatic rings. The summed E-state index contributed by atoms with van der Waals surface area (Å²) in [4.78, 5) is 18.0. The normalized spacial score (nSPS) is 21.3. The van der Waals surface area contributed by atoms with Crippen LogP contribution in [0.1, 0.15) is 23.5 Å². The molecule has 0 bridgehead atoms.